The molecule has 1 aliphatic rings. The zero-order valence-corrected chi connectivity index (χ0v) is 12.0. The molecule has 1 fully saturated rings. The predicted octanol–water partition coefficient (Wildman–Crippen LogP) is 3.39. The fraction of sp³-hybridized carbons (Fsp3) is 0.600. The molecular formula is C15H23ClNO+. The molecule has 0 bridgehead atoms. The number of hydrogen-bond acceptors (Lipinski definition) is 1. The number of hydrogen-bond donors (Lipinski definition) is 1. The van der Waals surface area contributed by atoms with E-state index in [0.29, 0.717) is 5.92 Å². The summed E-state index contributed by atoms with van der Waals surface area (Å²) in [4.78, 5) is 0. The molecule has 2 nitrogen and oxygen atoms in total. The predicted molar refractivity (Wildman–Crippen MR) is 75.6 cm³/mol. The van der Waals surface area contributed by atoms with Gasteiger partial charge in [0.25, 0.3) is 0 Å². The van der Waals surface area contributed by atoms with E-state index in [1.807, 2.05) is 19.1 Å². The highest BCUT2D eigenvalue weighted by Gasteiger charge is 2.31. The lowest BCUT2D eigenvalue weighted by Gasteiger charge is -2.36. The Balaban J connectivity index is 2.10. The number of rotatable bonds is 2. The van der Waals surface area contributed by atoms with Gasteiger partial charge in [-0.1, -0.05) is 23.7 Å². The van der Waals surface area contributed by atoms with Crippen LogP contribution in [0.5, 0.6) is 0 Å². The van der Waals surface area contributed by atoms with E-state index in [-0.39, 0.29) is 6.23 Å². The zero-order chi connectivity index (χ0) is 13.2. The van der Waals surface area contributed by atoms with E-state index in [4.69, 9.17) is 11.6 Å². The molecule has 0 spiro atoms. The second-order valence-corrected chi connectivity index (χ2v) is 6.18. The maximum atomic E-state index is 9.91. The highest BCUT2D eigenvalue weighted by molar-refractivity contribution is 6.30. The Morgan fingerprint density at radius 1 is 1.33 bits per heavy atom. The first-order valence-electron chi connectivity index (χ1n) is 6.79. The van der Waals surface area contributed by atoms with Crippen molar-refractivity contribution in [1.82, 2.24) is 0 Å². The first-order valence-corrected chi connectivity index (χ1v) is 7.17. The van der Waals surface area contributed by atoms with Crippen LogP contribution < -0.4 is 0 Å². The summed E-state index contributed by atoms with van der Waals surface area (Å²) < 4.78 is 0.775. The Labute approximate surface area is 115 Å². The van der Waals surface area contributed by atoms with Gasteiger partial charge in [-0.05, 0) is 36.5 Å². The SMILES string of the molecule is CC(O)[N+]1(C)CCCC(c2cccc(Cl)c2)CC1. The van der Waals surface area contributed by atoms with Crippen molar-refractivity contribution >= 4 is 11.6 Å². The average Bonchev–Trinajstić information content (AvgIpc) is 2.52. The van der Waals surface area contributed by atoms with Gasteiger partial charge < -0.3 is 9.59 Å². The second kappa shape index (κ2) is 5.60. The van der Waals surface area contributed by atoms with Gasteiger partial charge in [0.05, 0.1) is 20.1 Å². The topological polar surface area (TPSA) is 20.2 Å². The largest absolute Gasteiger partial charge is 0.345 e. The van der Waals surface area contributed by atoms with E-state index in [1.54, 1.807) is 0 Å². The number of quaternary nitrogens is 1. The molecular weight excluding hydrogens is 246 g/mol. The minimum absolute atomic E-state index is 0.275. The Hall–Kier alpha value is -0.570. The molecule has 0 radical (unpaired) electrons. The Morgan fingerprint density at radius 2 is 2.11 bits per heavy atom. The summed E-state index contributed by atoms with van der Waals surface area (Å²) in [6.07, 6.45) is 3.21. The monoisotopic (exact) mass is 268 g/mol. The van der Waals surface area contributed by atoms with E-state index < -0.39 is 0 Å². The van der Waals surface area contributed by atoms with Gasteiger partial charge in [-0.2, -0.15) is 0 Å². The van der Waals surface area contributed by atoms with Crippen LogP contribution in [0.15, 0.2) is 24.3 Å². The molecule has 0 aromatic heterocycles. The molecule has 0 aliphatic carbocycles. The van der Waals surface area contributed by atoms with Crippen molar-refractivity contribution in [2.45, 2.75) is 38.3 Å². The van der Waals surface area contributed by atoms with E-state index >= 15 is 0 Å². The molecule has 1 aliphatic heterocycles. The molecule has 18 heavy (non-hydrogen) atoms. The highest BCUT2D eigenvalue weighted by Crippen LogP contribution is 2.31. The lowest BCUT2D eigenvalue weighted by Crippen LogP contribution is -2.51. The van der Waals surface area contributed by atoms with Crippen molar-refractivity contribution in [3.63, 3.8) is 0 Å². The summed E-state index contributed by atoms with van der Waals surface area (Å²) in [6, 6.07) is 8.22. The molecule has 0 saturated carbocycles. The Bertz CT molecular complexity index is 407. The molecule has 3 unspecified atom stereocenters. The number of aliphatic hydroxyl groups is 1. The van der Waals surface area contributed by atoms with Crippen LogP contribution in [0, 0.1) is 0 Å². The standard InChI is InChI=1S/C15H23ClNO/c1-12(18)17(2)9-4-6-13(8-10-17)14-5-3-7-15(16)11-14/h3,5,7,11-13,18H,4,6,8-10H2,1-2H3/q+1. The second-order valence-electron chi connectivity index (χ2n) is 5.74. The molecule has 3 atom stereocenters. The summed E-state index contributed by atoms with van der Waals surface area (Å²) in [7, 11) is 2.16. The molecule has 1 saturated heterocycles. The van der Waals surface area contributed by atoms with E-state index in [9.17, 15) is 5.11 Å². The first-order chi connectivity index (χ1) is 8.51. The lowest BCUT2D eigenvalue weighted by atomic mass is 9.92. The van der Waals surface area contributed by atoms with Gasteiger partial charge in [0.1, 0.15) is 0 Å². The molecule has 3 heteroatoms. The molecule has 100 valence electrons. The number of benzene rings is 1. The Kier molecular flexibility index (Phi) is 4.31. The van der Waals surface area contributed by atoms with Gasteiger partial charge in [0.15, 0.2) is 6.23 Å². The maximum Gasteiger partial charge on any atom is 0.187 e. The van der Waals surface area contributed by atoms with Crippen LogP contribution in [0.3, 0.4) is 0 Å². The normalized spacial score (nSPS) is 30.8. The van der Waals surface area contributed by atoms with Gasteiger partial charge >= 0.3 is 0 Å². The molecule has 2 rings (SSSR count). The molecule has 0 amide bonds. The van der Waals surface area contributed by atoms with Gasteiger partial charge in [0, 0.05) is 18.4 Å². The van der Waals surface area contributed by atoms with Crippen LogP contribution in [0.2, 0.25) is 5.02 Å². The zero-order valence-electron chi connectivity index (χ0n) is 11.3. The van der Waals surface area contributed by atoms with Crippen LogP contribution in [0.4, 0.5) is 0 Å². The summed E-state index contributed by atoms with van der Waals surface area (Å²) >= 11 is 6.07. The van der Waals surface area contributed by atoms with Crippen LogP contribution in [-0.4, -0.2) is 36.0 Å². The third-order valence-corrected chi connectivity index (χ3v) is 4.67. The number of halogens is 1. The van der Waals surface area contributed by atoms with Gasteiger partial charge in [0.2, 0.25) is 0 Å². The summed E-state index contributed by atoms with van der Waals surface area (Å²) in [5.74, 6) is 0.586. The quantitative estimate of drug-likeness (QED) is 0.816. The number of likely N-dealkylation sites (tertiary alicyclic amines) is 1. The number of aliphatic hydroxyl groups excluding tert-OH is 1. The van der Waals surface area contributed by atoms with Crippen LogP contribution in [0.1, 0.15) is 37.7 Å². The number of nitrogens with zero attached hydrogens (tertiary/aromatic N) is 1. The minimum Gasteiger partial charge on any atom is -0.345 e. The first kappa shape index (κ1) is 13.9. The summed E-state index contributed by atoms with van der Waals surface area (Å²) in [6.45, 7) is 4.00. The fourth-order valence-corrected chi connectivity index (χ4v) is 3.07. The van der Waals surface area contributed by atoms with Gasteiger partial charge in [-0.3, -0.25) is 0 Å². The van der Waals surface area contributed by atoms with Crippen molar-refractivity contribution in [1.29, 1.82) is 0 Å². The summed E-state index contributed by atoms with van der Waals surface area (Å²) in [5, 5.41) is 10.7. The van der Waals surface area contributed by atoms with Gasteiger partial charge in [-0.25, -0.2) is 0 Å². The van der Waals surface area contributed by atoms with E-state index in [0.717, 1.165) is 29.0 Å². The van der Waals surface area contributed by atoms with Crippen LogP contribution in [-0.2, 0) is 0 Å². The Morgan fingerprint density at radius 3 is 2.78 bits per heavy atom. The van der Waals surface area contributed by atoms with Crippen molar-refractivity contribution in [3.8, 4) is 0 Å². The van der Waals surface area contributed by atoms with Crippen LogP contribution in [0.25, 0.3) is 0 Å². The summed E-state index contributed by atoms with van der Waals surface area (Å²) in [5.41, 5.74) is 1.35. The molecule has 1 N–H and O–H groups in total. The van der Waals surface area contributed by atoms with Crippen molar-refractivity contribution in [2.24, 2.45) is 0 Å². The van der Waals surface area contributed by atoms with Crippen LogP contribution >= 0.6 is 11.6 Å². The molecule has 1 aromatic rings. The fourth-order valence-electron chi connectivity index (χ4n) is 2.87. The lowest BCUT2D eigenvalue weighted by molar-refractivity contribution is -0.951. The minimum atomic E-state index is -0.275. The molecule has 1 aromatic carbocycles. The van der Waals surface area contributed by atoms with Crippen molar-refractivity contribution < 1.29 is 9.59 Å². The van der Waals surface area contributed by atoms with Gasteiger partial charge in [-0.15, -0.1) is 0 Å². The highest BCUT2D eigenvalue weighted by atomic mass is 35.5. The van der Waals surface area contributed by atoms with Crippen molar-refractivity contribution in [2.75, 3.05) is 20.1 Å². The maximum absolute atomic E-state index is 9.91. The van der Waals surface area contributed by atoms with Crippen molar-refractivity contribution in [3.05, 3.63) is 34.9 Å². The third kappa shape index (κ3) is 3.05. The van der Waals surface area contributed by atoms with E-state index in [2.05, 4.69) is 19.2 Å². The molecule has 1 heterocycles. The smallest absolute Gasteiger partial charge is 0.187 e. The third-order valence-electron chi connectivity index (χ3n) is 4.43. The van der Waals surface area contributed by atoms with E-state index in [1.165, 1.54) is 18.4 Å². The average molecular weight is 269 g/mol.